The largest absolute Gasteiger partial charge is 0.497 e. The third-order valence-electron chi connectivity index (χ3n) is 3.66. The van der Waals surface area contributed by atoms with E-state index in [2.05, 4.69) is 17.4 Å². The van der Waals surface area contributed by atoms with Gasteiger partial charge >= 0.3 is 0 Å². The molecule has 0 radical (unpaired) electrons. The molecule has 1 aliphatic rings. The van der Waals surface area contributed by atoms with Gasteiger partial charge in [0.15, 0.2) is 0 Å². The number of rotatable bonds is 6. The Morgan fingerprint density at radius 1 is 1.33 bits per heavy atom. The summed E-state index contributed by atoms with van der Waals surface area (Å²) in [5.41, 5.74) is 1.48. The van der Waals surface area contributed by atoms with Crippen LogP contribution in [0.1, 0.15) is 38.2 Å². The van der Waals surface area contributed by atoms with E-state index in [0.717, 1.165) is 31.6 Å². The molecule has 3 nitrogen and oxygen atoms in total. The highest BCUT2D eigenvalue weighted by Crippen LogP contribution is 2.47. The lowest BCUT2D eigenvalue weighted by atomic mass is 9.96. The Morgan fingerprint density at radius 2 is 2.00 bits per heavy atom. The molecule has 1 fully saturated rings. The first-order valence-corrected chi connectivity index (χ1v) is 6.61. The van der Waals surface area contributed by atoms with E-state index in [-0.39, 0.29) is 11.3 Å². The molecule has 0 heterocycles. The maximum Gasteiger partial charge on any atom is 0.220 e. The van der Waals surface area contributed by atoms with E-state index in [4.69, 9.17) is 4.74 Å². The number of hydrogen-bond donors (Lipinski definition) is 1. The standard InChI is InChI=1S/C15H21NO2/c1-3-4-14(17)16-11-15(9-10-15)12-5-7-13(18-2)8-6-12/h5-8H,3-4,9-11H2,1-2H3,(H,16,17). The number of benzene rings is 1. The van der Waals surface area contributed by atoms with E-state index < -0.39 is 0 Å². The molecule has 18 heavy (non-hydrogen) atoms. The van der Waals surface area contributed by atoms with Crippen LogP contribution in [-0.2, 0) is 10.2 Å². The second kappa shape index (κ2) is 5.42. The van der Waals surface area contributed by atoms with E-state index in [1.165, 1.54) is 5.56 Å². The smallest absolute Gasteiger partial charge is 0.220 e. The lowest BCUT2D eigenvalue weighted by molar-refractivity contribution is -0.121. The predicted molar refractivity (Wildman–Crippen MR) is 71.8 cm³/mol. The zero-order chi connectivity index (χ0) is 13.0. The second-order valence-electron chi connectivity index (χ2n) is 5.04. The molecular weight excluding hydrogens is 226 g/mol. The topological polar surface area (TPSA) is 38.3 Å². The first kappa shape index (κ1) is 12.9. The van der Waals surface area contributed by atoms with Crippen LogP contribution < -0.4 is 10.1 Å². The number of nitrogens with one attached hydrogen (secondary N) is 1. The van der Waals surface area contributed by atoms with Gasteiger partial charge < -0.3 is 10.1 Å². The van der Waals surface area contributed by atoms with Crippen LogP contribution >= 0.6 is 0 Å². The summed E-state index contributed by atoms with van der Waals surface area (Å²) in [4.78, 5) is 11.5. The maximum atomic E-state index is 11.5. The third kappa shape index (κ3) is 2.84. The molecule has 0 aliphatic heterocycles. The first-order valence-electron chi connectivity index (χ1n) is 6.61. The Morgan fingerprint density at radius 3 is 2.50 bits per heavy atom. The molecule has 1 aliphatic carbocycles. The van der Waals surface area contributed by atoms with Crippen molar-refractivity contribution in [2.24, 2.45) is 0 Å². The molecule has 0 atom stereocenters. The normalized spacial score (nSPS) is 16.1. The van der Waals surface area contributed by atoms with Crippen molar-refractivity contribution in [1.82, 2.24) is 5.32 Å². The summed E-state index contributed by atoms with van der Waals surface area (Å²) in [7, 11) is 1.67. The monoisotopic (exact) mass is 247 g/mol. The summed E-state index contributed by atoms with van der Waals surface area (Å²) in [6.07, 6.45) is 3.84. The highest BCUT2D eigenvalue weighted by Gasteiger charge is 2.44. The number of ether oxygens (including phenoxy) is 1. The number of carbonyl (C=O) groups excluding carboxylic acids is 1. The molecule has 2 rings (SSSR count). The van der Waals surface area contributed by atoms with Gasteiger partial charge in [-0.2, -0.15) is 0 Å². The molecule has 98 valence electrons. The van der Waals surface area contributed by atoms with Crippen LogP contribution in [0.4, 0.5) is 0 Å². The Hall–Kier alpha value is -1.51. The summed E-state index contributed by atoms with van der Waals surface area (Å²) in [6, 6.07) is 8.20. The van der Waals surface area contributed by atoms with Crippen molar-refractivity contribution in [2.75, 3.05) is 13.7 Å². The molecular formula is C15H21NO2. The van der Waals surface area contributed by atoms with Gasteiger partial charge in [-0.05, 0) is 37.0 Å². The van der Waals surface area contributed by atoms with Gasteiger partial charge in [-0.1, -0.05) is 19.1 Å². The highest BCUT2D eigenvalue weighted by molar-refractivity contribution is 5.76. The number of methoxy groups -OCH3 is 1. The van der Waals surface area contributed by atoms with E-state index in [9.17, 15) is 4.79 Å². The van der Waals surface area contributed by atoms with Crippen LogP contribution in [0, 0.1) is 0 Å². The van der Waals surface area contributed by atoms with Crippen molar-refractivity contribution in [3.05, 3.63) is 29.8 Å². The zero-order valence-corrected chi connectivity index (χ0v) is 11.2. The number of carbonyl (C=O) groups is 1. The van der Waals surface area contributed by atoms with Crippen LogP contribution in [0.3, 0.4) is 0 Å². The van der Waals surface area contributed by atoms with Crippen molar-refractivity contribution >= 4 is 5.91 Å². The molecule has 0 aromatic heterocycles. The fourth-order valence-electron chi connectivity index (χ4n) is 2.25. The lowest BCUT2D eigenvalue weighted by Crippen LogP contribution is -2.31. The van der Waals surface area contributed by atoms with E-state index in [0.29, 0.717) is 6.42 Å². The minimum atomic E-state index is 0.164. The van der Waals surface area contributed by atoms with Crippen LogP contribution in [-0.4, -0.2) is 19.6 Å². The van der Waals surface area contributed by atoms with Crippen molar-refractivity contribution in [3.8, 4) is 5.75 Å². The van der Waals surface area contributed by atoms with Gasteiger partial charge in [-0.15, -0.1) is 0 Å². The van der Waals surface area contributed by atoms with Crippen LogP contribution in [0.25, 0.3) is 0 Å². The molecule has 0 unspecified atom stereocenters. The second-order valence-corrected chi connectivity index (χ2v) is 5.04. The number of hydrogen-bond acceptors (Lipinski definition) is 2. The Balaban J connectivity index is 1.96. The van der Waals surface area contributed by atoms with Gasteiger partial charge in [0.1, 0.15) is 5.75 Å². The van der Waals surface area contributed by atoms with Crippen molar-refractivity contribution in [1.29, 1.82) is 0 Å². The van der Waals surface area contributed by atoms with Gasteiger partial charge in [0.2, 0.25) is 5.91 Å². The van der Waals surface area contributed by atoms with Gasteiger partial charge in [-0.25, -0.2) is 0 Å². The quantitative estimate of drug-likeness (QED) is 0.839. The SMILES string of the molecule is CCCC(=O)NCC1(c2ccc(OC)cc2)CC1. The molecule has 1 N–H and O–H groups in total. The lowest BCUT2D eigenvalue weighted by Gasteiger charge is -2.17. The molecule has 0 bridgehead atoms. The van der Waals surface area contributed by atoms with E-state index in [1.807, 2.05) is 19.1 Å². The zero-order valence-electron chi connectivity index (χ0n) is 11.2. The molecule has 1 aromatic carbocycles. The van der Waals surface area contributed by atoms with Crippen LogP contribution in [0.5, 0.6) is 5.75 Å². The summed E-state index contributed by atoms with van der Waals surface area (Å²) in [5.74, 6) is 1.04. The highest BCUT2D eigenvalue weighted by atomic mass is 16.5. The predicted octanol–water partition coefficient (Wildman–Crippen LogP) is 2.64. The van der Waals surface area contributed by atoms with E-state index in [1.54, 1.807) is 7.11 Å². The maximum absolute atomic E-state index is 11.5. The summed E-state index contributed by atoms with van der Waals surface area (Å²) in [6.45, 7) is 2.79. The molecule has 0 saturated heterocycles. The van der Waals surface area contributed by atoms with E-state index >= 15 is 0 Å². The summed E-state index contributed by atoms with van der Waals surface area (Å²) in [5, 5.41) is 3.04. The Labute approximate surface area is 109 Å². The van der Waals surface area contributed by atoms with Crippen molar-refractivity contribution in [2.45, 2.75) is 38.0 Å². The van der Waals surface area contributed by atoms with Gasteiger partial charge in [0.25, 0.3) is 0 Å². The summed E-state index contributed by atoms with van der Waals surface area (Å²) < 4.78 is 5.16. The first-order chi connectivity index (χ1) is 8.70. The third-order valence-corrected chi connectivity index (χ3v) is 3.66. The fraction of sp³-hybridized carbons (Fsp3) is 0.533. The van der Waals surface area contributed by atoms with Crippen molar-refractivity contribution in [3.63, 3.8) is 0 Å². The average molecular weight is 247 g/mol. The Kier molecular flexibility index (Phi) is 3.90. The van der Waals surface area contributed by atoms with Gasteiger partial charge in [0, 0.05) is 18.4 Å². The molecule has 1 aromatic rings. The molecule has 1 saturated carbocycles. The fourth-order valence-corrected chi connectivity index (χ4v) is 2.25. The van der Waals surface area contributed by atoms with Crippen LogP contribution in [0.2, 0.25) is 0 Å². The minimum Gasteiger partial charge on any atom is -0.497 e. The van der Waals surface area contributed by atoms with Gasteiger partial charge in [0.05, 0.1) is 7.11 Å². The number of amides is 1. The Bertz CT molecular complexity index is 407. The minimum absolute atomic E-state index is 0.164. The van der Waals surface area contributed by atoms with Crippen molar-refractivity contribution < 1.29 is 9.53 Å². The molecule has 1 amide bonds. The molecule has 0 spiro atoms. The van der Waals surface area contributed by atoms with Crippen LogP contribution in [0.15, 0.2) is 24.3 Å². The molecule has 3 heteroatoms. The van der Waals surface area contributed by atoms with Gasteiger partial charge in [-0.3, -0.25) is 4.79 Å². The summed E-state index contributed by atoms with van der Waals surface area (Å²) >= 11 is 0. The average Bonchev–Trinajstić information content (AvgIpc) is 3.18.